The molecule has 0 fully saturated rings. The number of hydrazone groups is 1. The van der Waals surface area contributed by atoms with E-state index < -0.39 is 5.91 Å². The van der Waals surface area contributed by atoms with Crippen LogP contribution in [0.15, 0.2) is 29.5 Å². The van der Waals surface area contributed by atoms with Crippen LogP contribution in [0.4, 0.5) is 0 Å². The first-order valence-corrected chi connectivity index (χ1v) is 6.53. The molecule has 2 aromatic rings. The van der Waals surface area contributed by atoms with Gasteiger partial charge in [-0.15, -0.1) is 0 Å². The van der Waals surface area contributed by atoms with Crippen molar-refractivity contribution < 1.29 is 19.2 Å². The van der Waals surface area contributed by atoms with Gasteiger partial charge in [-0.1, -0.05) is 0 Å². The average Bonchev–Trinajstić information content (AvgIpc) is 2.55. The van der Waals surface area contributed by atoms with E-state index in [1.54, 1.807) is 12.1 Å². The molecule has 1 amide bonds. The van der Waals surface area contributed by atoms with Crippen LogP contribution in [0.3, 0.4) is 0 Å². The van der Waals surface area contributed by atoms with E-state index in [1.807, 2.05) is 0 Å². The SMILES string of the molecule is COc1ccc2c(c1)n(O)c(/C(C)=N\NC(=O)CC#N)c[n+]2=O. The number of ether oxygens (including phenoxy) is 1. The maximum atomic E-state index is 12.1. The van der Waals surface area contributed by atoms with Crippen molar-refractivity contribution in [1.29, 1.82) is 5.26 Å². The normalized spacial score (nSPS) is 11.1. The Balaban J connectivity index is 2.51. The van der Waals surface area contributed by atoms with Crippen LogP contribution in [-0.2, 0) is 4.79 Å². The number of carbonyl (C=O) groups excluding carboxylic acids is 1. The molecule has 0 atom stereocenters. The topological polar surface area (TPSA) is 123 Å². The highest BCUT2D eigenvalue weighted by atomic mass is 16.5. The number of nitrogens with one attached hydrogen (secondary N) is 1. The third kappa shape index (κ3) is 3.26. The molecule has 118 valence electrons. The molecular formula is C14H14N5O4+. The molecule has 2 rings (SSSR count). The fraction of sp³-hybridized carbons (Fsp3) is 0.214. The molecular weight excluding hydrogens is 302 g/mol. The van der Waals surface area contributed by atoms with Crippen molar-refractivity contribution in [1.82, 2.24) is 10.2 Å². The first-order chi connectivity index (χ1) is 11.0. The van der Waals surface area contributed by atoms with E-state index in [0.717, 1.165) is 10.9 Å². The maximum absolute atomic E-state index is 12.1. The maximum Gasteiger partial charge on any atom is 0.290 e. The van der Waals surface area contributed by atoms with Gasteiger partial charge in [-0.25, -0.2) is 5.43 Å². The summed E-state index contributed by atoms with van der Waals surface area (Å²) in [5.41, 5.74) is 2.89. The number of fused-ring (bicyclic) bond motifs is 1. The third-order valence-electron chi connectivity index (χ3n) is 3.07. The Morgan fingerprint density at radius 1 is 1.57 bits per heavy atom. The molecule has 1 aromatic heterocycles. The summed E-state index contributed by atoms with van der Waals surface area (Å²) in [6.45, 7) is 1.50. The van der Waals surface area contributed by atoms with E-state index in [9.17, 15) is 14.9 Å². The summed E-state index contributed by atoms with van der Waals surface area (Å²) in [4.78, 5) is 23.3. The molecule has 23 heavy (non-hydrogen) atoms. The Hall–Kier alpha value is -3.41. The van der Waals surface area contributed by atoms with E-state index in [1.165, 1.54) is 26.2 Å². The fourth-order valence-electron chi connectivity index (χ4n) is 1.91. The number of nitrogens with zero attached hydrogens (tertiary/aromatic N) is 4. The molecule has 0 saturated heterocycles. The van der Waals surface area contributed by atoms with E-state index in [-0.39, 0.29) is 28.9 Å². The lowest BCUT2D eigenvalue weighted by molar-refractivity contribution is -0.465. The number of benzene rings is 1. The van der Waals surface area contributed by atoms with Gasteiger partial charge in [-0.3, -0.25) is 4.79 Å². The summed E-state index contributed by atoms with van der Waals surface area (Å²) in [7, 11) is 1.47. The monoisotopic (exact) mass is 316 g/mol. The van der Waals surface area contributed by atoms with Gasteiger partial charge in [-0.05, 0) is 13.0 Å². The van der Waals surface area contributed by atoms with Gasteiger partial charge in [0, 0.05) is 17.0 Å². The molecule has 0 bridgehead atoms. The highest BCUT2D eigenvalue weighted by molar-refractivity contribution is 5.98. The Morgan fingerprint density at radius 2 is 2.30 bits per heavy atom. The number of aromatic nitrogens is 2. The van der Waals surface area contributed by atoms with Gasteiger partial charge in [-0.2, -0.15) is 15.1 Å². The molecule has 0 radical (unpaired) electrons. The van der Waals surface area contributed by atoms with Crippen LogP contribution in [0.1, 0.15) is 19.0 Å². The molecule has 9 heteroatoms. The summed E-state index contributed by atoms with van der Waals surface area (Å²) >= 11 is 0. The first kappa shape index (κ1) is 16.0. The van der Waals surface area contributed by atoms with Crippen molar-refractivity contribution in [3.63, 3.8) is 0 Å². The summed E-state index contributed by atoms with van der Waals surface area (Å²) in [6, 6.07) is 6.29. The lowest BCUT2D eigenvalue weighted by Gasteiger charge is -2.07. The van der Waals surface area contributed by atoms with Crippen LogP contribution < -0.4 is 14.6 Å². The van der Waals surface area contributed by atoms with Gasteiger partial charge in [0.2, 0.25) is 0 Å². The Morgan fingerprint density at radius 3 is 2.96 bits per heavy atom. The quantitative estimate of drug-likeness (QED) is 0.369. The number of hydrogen-bond donors (Lipinski definition) is 2. The van der Waals surface area contributed by atoms with Crippen molar-refractivity contribution >= 4 is 22.7 Å². The second-order valence-electron chi connectivity index (χ2n) is 4.57. The highest BCUT2D eigenvalue weighted by Crippen LogP contribution is 2.18. The number of amides is 1. The number of nitriles is 1. The second kappa shape index (κ2) is 6.57. The predicted molar refractivity (Wildman–Crippen MR) is 79.6 cm³/mol. The van der Waals surface area contributed by atoms with Gasteiger partial charge in [0.05, 0.1) is 23.3 Å². The minimum absolute atomic E-state index is 0.0815. The van der Waals surface area contributed by atoms with Crippen LogP contribution in [0.25, 0.3) is 11.0 Å². The number of rotatable bonds is 4. The zero-order valence-corrected chi connectivity index (χ0v) is 12.5. The first-order valence-electron chi connectivity index (χ1n) is 6.53. The lowest BCUT2D eigenvalue weighted by Crippen LogP contribution is -2.25. The summed E-state index contributed by atoms with van der Waals surface area (Å²) in [5, 5.41) is 22.5. The molecule has 1 aromatic carbocycles. The second-order valence-corrected chi connectivity index (χ2v) is 4.57. The Bertz CT molecular complexity index is 894. The van der Waals surface area contributed by atoms with Crippen molar-refractivity contribution in [2.24, 2.45) is 5.10 Å². The predicted octanol–water partition coefficient (Wildman–Crippen LogP) is 0.556. The molecule has 0 aliphatic heterocycles. The van der Waals surface area contributed by atoms with Gasteiger partial charge in [0.15, 0.2) is 11.2 Å². The van der Waals surface area contributed by atoms with Crippen LogP contribution in [0, 0.1) is 16.2 Å². The van der Waals surface area contributed by atoms with Crippen molar-refractivity contribution in [2.45, 2.75) is 13.3 Å². The molecule has 9 nitrogen and oxygen atoms in total. The molecule has 2 N–H and O–H groups in total. The van der Waals surface area contributed by atoms with Crippen LogP contribution in [0.2, 0.25) is 0 Å². The van der Waals surface area contributed by atoms with Crippen molar-refractivity contribution in [3.8, 4) is 11.8 Å². The average molecular weight is 316 g/mol. The molecule has 0 saturated carbocycles. The summed E-state index contributed by atoms with van der Waals surface area (Å²) in [6.07, 6.45) is 0.788. The number of carbonyl (C=O) groups is 1. The fourth-order valence-corrected chi connectivity index (χ4v) is 1.91. The molecule has 0 unspecified atom stereocenters. The lowest BCUT2D eigenvalue weighted by atomic mass is 10.2. The summed E-state index contributed by atoms with van der Waals surface area (Å²) in [5.74, 6) is -0.122. The van der Waals surface area contributed by atoms with Gasteiger partial charge in [0.25, 0.3) is 17.6 Å². The van der Waals surface area contributed by atoms with E-state index in [0.29, 0.717) is 10.2 Å². The number of hydrogen-bond acceptors (Lipinski definition) is 6. The third-order valence-corrected chi connectivity index (χ3v) is 3.07. The smallest absolute Gasteiger partial charge is 0.290 e. The molecule has 0 aliphatic carbocycles. The standard InChI is InChI=1S/C14H13N5O4/c1-9(16-17-14(20)5-6-15)13-8-18(21)11-4-3-10(23-2)7-12(11)19(13)22/h3-4,7-8,22H,5H2,1-2H3/p+1. The minimum atomic E-state index is -0.589. The molecule has 0 aliphatic rings. The van der Waals surface area contributed by atoms with Gasteiger partial charge in [0.1, 0.15) is 12.2 Å². The van der Waals surface area contributed by atoms with Crippen LogP contribution in [-0.4, -0.2) is 28.7 Å². The van der Waals surface area contributed by atoms with Crippen molar-refractivity contribution in [3.05, 3.63) is 35.0 Å². The van der Waals surface area contributed by atoms with Gasteiger partial charge >= 0.3 is 0 Å². The Labute approximate surface area is 130 Å². The van der Waals surface area contributed by atoms with Crippen LogP contribution >= 0.6 is 0 Å². The van der Waals surface area contributed by atoms with E-state index >= 15 is 0 Å². The largest absolute Gasteiger partial charge is 0.497 e. The highest BCUT2D eigenvalue weighted by Gasteiger charge is 2.18. The summed E-state index contributed by atoms with van der Waals surface area (Å²) < 4.78 is 6.43. The minimum Gasteiger partial charge on any atom is -0.497 e. The molecule has 0 spiro atoms. The zero-order chi connectivity index (χ0) is 17.0. The zero-order valence-electron chi connectivity index (χ0n) is 12.5. The van der Waals surface area contributed by atoms with Crippen LogP contribution in [0.5, 0.6) is 5.75 Å². The Kier molecular flexibility index (Phi) is 4.56. The van der Waals surface area contributed by atoms with E-state index in [4.69, 9.17) is 10.00 Å². The van der Waals surface area contributed by atoms with Gasteiger partial charge < -0.3 is 9.94 Å². The van der Waals surface area contributed by atoms with Crippen molar-refractivity contribution in [2.75, 3.05) is 7.11 Å². The molecule has 1 heterocycles. The van der Waals surface area contributed by atoms with E-state index in [2.05, 4.69) is 10.5 Å². The number of methoxy groups -OCH3 is 1.